The first-order valence-electron chi connectivity index (χ1n) is 5.20. The summed E-state index contributed by atoms with van der Waals surface area (Å²) < 4.78 is 50.2. The van der Waals surface area contributed by atoms with E-state index in [9.17, 15) is 13.2 Å². The smallest absolute Gasteiger partial charge is 0.405 e. The van der Waals surface area contributed by atoms with Gasteiger partial charge in [0, 0.05) is 19.9 Å². The van der Waals surface area contributed by atoms with E-state index in [4.69, 9.17) is 9.47 Å². The van der Waals surface area contributed by atoms with Gasteiger partial charge in [-0.3, -0.25) is 0 Å². The molecular weight excluding hydrogens is 331 g/mol. The third-order valence-corrected chi connectivity index (χ3v) is 2.78. The Hall–Kier alpha value is -0.990. The van der Waals surface area contributed by atoms with Gasteiger partial charge in [0.15, 0.2) is 6.29 Å². The molecule has 0 aliphatic rings. The molecule has 4 nitrogen and oxygen atoms in total. The number of benzene rings is 1. The molecule has 0 amide bonds. The molecule has 0 saturated carbocycles. The van der Waals surface area contributed by atoms with Crippen LogP contribution in [0.15, 0.2) is 22.7 Å². The second-order valence-electron chi connectivity index (χ2n) is 3.47. The van der Waals surface area contributed by atoms with Gasteiger partial charge in [-0.05, 0) is 34.1 Å². The van der Waals surface area contributed by atoms with Crippen molar-refractivity contribution >= 4 is 21.6 Å². The molecule has 0 aliphatic heterocycles. The Morgan fingerprint density at radius 2 is 1.89 bits per heavy atom. The van der Waals surface area contributed by atoms with Gasteiger partial charge in [0.1, 0.15) is 5.75 Å². The van der Waals surface area contributed by atoms with E-state index >= 15 is 0 Å². The van der Waals surface area contributed by atoms with Crippen LogP contribution < -0.4 is 10.1 Å². The van der Waals surface area contributed by atoms with Crippen LogP contribution in [0.5, 0.6) is 5.75 Å². The summed E-state index contributed by atoms with van der Waals surface area (Å²) in [5, 5.41) is 2.96. The monoisotopic (exact) mass is 343 g/mol. The van der Waals surface area contributed by atoms with Gasteiger partial charge < -0.3 is 19.5 Å². The van der Waals surface area contributed by atoms with Crippen LogP contribution in [0.1, 0.15) is 0 Å². The topological polar surface area (TPSA) is 39.7 Å². The molecule has 0 aliphatic carbocycles. The van der Waals surface area contributed by atoms with Crippen LogP contribution in [0.25, 0.3) is 0 Å². The van der Waals surface area contributed by atoms with Crippen LogP contribution in [0, 0.1) is 0 Å². The lowest BCUT2D eigenvalue weighted by molar-refractivity contribution is -0.274. The van der Waals surface area contributed by atoms with Gasteiger partial charge in [-0.1, -0.05) is 0 Å². The van der Waals surface area contributed by atoms with Crippen molar-refractivity contribution in [2.45, 2.75) is 12.7 Å². The zero-order chi connectivity index (χ0) is 14.5. The van der Waals surface area contributed by atoms with Gasteiger partial charge in [-0.2, -0.15) is 0 Å². The highest BCUT2D eigenvalue weighted by Gasteiger charge is 2.31. The summed E-state index contributed by atoms with van der Waals surface area (Å²) >= 11 is 3.01. The predicted molar refractivity (Wildman–Crippen MR) is 67.1 cm³/mol. The fourth-order valence-corrected chi connectivity index (χ4v) is 1.74. The maximum absolute atomic E-state index is 12.1. The molecule has 19 heavy (non-hydrogen) atoms. The Morgan fingerprint density at radius 3 is 2.37 bits per heavy atom. The standard InChI is InChI=1S/C11H13BrF3NO3/c1-17-10(18-2)6-16-7-3-4-9(8(12)5-7)19-11(13,14)15/h3-5,10,16H,6H2,1-2H3. The van der Waals surface area contributed by atoms with E-state index in [0.29, 0.717) is 12.2 Å². The molecule has 0 spiro atoms. The minimum absolute atomic E-state index is 0.196. The number of halogens is 4. The Balaban J connectivity index is 2.66. The van der Waals surface area contributed by atoms with Gasteiger partial charge in [0.25, 0.3) is 0 Å². The number of alkyl halides is 3. The second kappa shape index (κ2) is 6.97. The molecule has 0 heterocycles. The number of nitrogens with one attached hydrogen (secondary N) is 1. The second-order valence-corrected chi connectivity index (χ2v) is 4.33. The van der Waals surface area contributed by atoms with Crippen molar-refractivity contribution in [2.24, 2.45) is 0 Å². The van der Waals surface area contributed by atoms with E-state index in [1.54, 1.807) is 0 Å². The predicted octanol–water partition coefficient (Wildman–Crippen LogP) is 3.38. The Morgan fingerprint density at radius 1 is 1.26 bits per heavy atom. The van der Waals surface area contributed by atoms with Crippen LogP contribution in [0.4, 0.5) is 18.9 Å². The maximum atomic E-state index is 12.1. The van der Waals surface area contributed by atoms with Crippen LogP contribution in [-0.4, -0.2) is 33.4 Å². The van der Waals surface area contributed by atoms with Gasteiger partial charge in [0.2, 0.25) is 0 Å². The van der Waals surface area contributed by atoms with Gasteiger partial charge >= 0.3 is 6.36 Å². The molecule has 1 N–H and O–H groups in total. The third kappa shape index (κ3) is 5.66. The van der Waals surface area contributed by atoms with E-state index < -0.39 is 12.7 Å². The van der Waals surface area contributed by atoms with Crippen LogP contribution in [0.3, 0.4) is 0 Å². The summed E-state index contributed by atoms with van der Waals surface area (Å²) in [4.78, 5) is 0. The molecule has 0 fully saturated rings. The molecule has 8 heteroatoms. The van der Waals surface area contributed by atoms with Crippen molar-refractivity contribution in [3.8, 4) is 5.75 Å². The number of hydrogen-bond acceptors (Lipinski definition) is 4. The van der Waals surface area contributed by atoms with Crippen molar-refractivity contribution in [2.75, 3.05) is 26.1 Å². The number of hydrogen-bond donors (Lipinski definition) is 1. The first-order chi connectivity index (χ1) is 8.85. The van der Waals surface area contributed by atoms with Gasteiger partial charge in [0.05, 0.1) is 11.0 Å². The first kappa shape index (κ1) is 16.1. The van der Waals surface area contributed by atoms with E-state index in [1.807, 2.05) is 0 Å². The largest absolute Gasteiger partial charge is 0.573 e. The molecular formula is C11H13BrF3NO3. The SMILES string of the molecule is COC(CNc1ccc(OC(F)(F)F)c(Br)c1)OC. The molecule has 0 saturated heterocycles. The quantitative estimate of drug-likeness (QED) is 0.804. The summed E-state index contributed by atoms with van der Waals surface area (Å²) in [5.74, 6) is -0.298. The van der Waals surface area contributed by atoms with Crippen molar-refractivity contribution in [3.63, 3.8) is 0 Å². The van der Waals surface area contributed by atoms with Crippen LogP contribution in [0.2, 0.25) is 0 Å². The lowest BCUT2D eigenvalue weighted by atomic mass is 10.3. The first-order valence-corrected chi connectivity index (χ1v) is 5.99. The zero-order valence-electron chi connectivity index (χ0n) is 10.3. The molecule has 0 radical (unpaired) electrons. The lowest BCUT2D eigenvalue weighted by Crippen LogP contribution is -2.23. The highest BCUT2D eigenvalue weighted by atomic mass is 79.9. The third-order valence-electron chi connectivity index (χ3n) is 2.16. The average Bonchev–Trinajstić information content (AvgIpc) is 2.32. The van der Waals surface area contributed by atoms with Crippen LogP contribution >= 0.6 is 15.9 Å². The molecule has 0 bridgehead atoms. The van der Waals surface area contributed by atoms with Crippen molar-refractivity contribution in [1.82, 2.24) is 0 Å². The van der Waals surface area contributed by atoms with Crippen molar-refractivity contribution < 1.29 is 27.4 Å². The number of anilines is 1. The van der Waals surface area contributed by atoms with Gasteiger partial charge in [-0.15, -0.1) is 13.2 Å². The molecule has 1 aromatic carbocycles. The molecule has 1 rings (SSSR count). The Bertz CT molecular complexity index is 411. The minimum Gasteiger partial charge on any atom is -0.405 e. The number of ether oxygens (including phenoxy) is 3. The van der Waals surface area contributed by atoms with Crippen molar-refractivity contribution in [1.29, 1.82) is 0 Å². The maximum Gasteiger partial charge on any atom is 0.573 e. The Kier molecular flexibility index (Phi) is 5.89. The van der Waals surface area contributed by atoms with E-state index in [0.717, 1.165) is 0 Å². The summed E-state index contributed by atoms with van der Waals surface area (Å²) in [6, 6.07) is 4.16. The molecule has 0 unspecified atom stereocenters. The number of methoxy groups -OCH3 is 2. The number of rotatable bonds is 6. The van der Waals surface area contributed by atoms with E-state index in [1.165, 1.54) is 32.4 Å². The zero-order valence-corrected chi connectivity index (χ0v) is 11.8. The normalized spacial score (nSPS) is 11.7. The molecule has 1 aromatic rings. The van der Waals surface area contributed by atoms with Crippen LogP contribution in [-0.2, 0) is 9.47 Å². The highest BCUT2D eigenvalue weighted by Crippen LogP contribution is 2.32. The molecule has 0 atom stereocenters. The Labute approximate surface area is 117 Å². The summed E-state index contributed by atoms with van der Waals surface area (Å²) in [6.07, 6.45) is -5.15. The van der Waals surface area contributed by atoms with Crippen molar-refractivity contribution in [3.05, 3.63) is 22.7 Å². The molecule has 0 aromatic heterocycles. The van der Waals surface area contributed by atoms with E-state index in [2.05, 4.69) is 26.0 Å². The molecule has 108 valence electrons. The average molecular weight is 344 g/mol. The minimum atomic E-state index is -4.71. The fraction of sp³-hybridized carbons (Fsp3) is 0.455. The summed E-state index contributed by atoms with van der Waals surface area (Å²) in [7, 11) is 2.98. The summed E-state index contributed by atoms with van der Waals surface area (Å²) in [6.45, 7) is 0.360. The highest BCUT2D eigenvalue weighted by molar-refractivity contribution is 9.10. The van der Waals surface area contributed by atoms with E-state index in [-0.39, 0.29) is 10.2 Å². The summed E-state index contributed by atoms with van der Waals surface area (Å²) in [5.41, 5.74) is 0.612. The fourth-order valence-electron chi connectivity index (χ4n) is 1.28. The lowest BCUT2D eigenvalue weighted by Gasteiger charge is -2.16. The van der Waals surface area contributed by atoms with Gasteiger partial charge in [-0.25, -0.2) is 0 Å².